The summed E-state index contributed by atoms with van der Waals surface area (Å²) in [4.78, 5) is 9.07. The number of piperazine rings is 1. The van der Waals surface area contributed by atoms with Crippen molar-refractivity contribution in [2.24, 2.45) is 4.99 Å². The maximum atomic E-state index is 10.2. The molecule has 1 saturated carbocycles. The third-order valence-electron chi connectivity index (χ3n) is 4.47. The minimum atomic E-state index is -0.505. The van der Waals surface area contributed by atoms with E-state index in [1.807, 2.05) is 7.05 Å². The molecule has 0 amide bonds. The summed E-state index contributed by atoms with van der Waals surface area (Å²) in [5.74, 6) is 0.918. The molecule has 6 heteroatoms. The second kappa shape index (κ2) is 6.23. The fourth-order valence-electron chi connectivity index (χ4n) is 2.93. The molecular formula is C15H24N4OS. The predicted octanol–water partition coefficient (Wildman–Crippen LogP) is 1.36. The average Bonchev–Trinajstić information content (AvgIpc) is 3.01. The summed E-state index contributed by atoms with van der Waals surface area (Å²) in [6, 6.07) is 4.28. The number of hydrogen-bond donors (Lipinski definition) is 2. The van der Waals surface area contributed by atoms with E-state index in [0.717, 1.165) is 51.4 Å². The summed E-state index contributed by atoms with van der Waals surface area (Å²) >= 11 is 1.80. The number of nitrogens with zero attached hydrogens (tertiary/aromatic N) is 3. The summed E-state index contributed by atoms with van der Waals surface area (Å²) in [6.07, 6.45) is 2.95. The highest BCUT2D eigenvalue weighted by atomic mass is 32.1. The first-order chi connectivity index (χ1) is 10.2. The molecule has 116 valence electrons. The van der Waals surface area contributed by atoms with Gasteiger partial charge in [-0.2, -0.15) is 0 Å². The summed E-state index contributed by atoms with van der Waals surface area (Å²) in [5.41, 5.74) is -0.505. The van der Waals surface area contributed by atoms with E-state index in [4.69, 9.17) is 0 Å². The fraction of sp³-hybridized carbons (Fsp3) is 0.667. The third kappa shape index (κ3) is 3.32. The van der Waals surface area contributed by atoms with Crippen LogP contribution >= 0.6 is 11.3 Å². The van der Waals surface area contributed by atoms with Crippen LogP contribution in [-0.2, 0) is 0 Å². The van der Waals surface area contributed by atoms with E-state index in [2.05, 4.69) is 37.6 Å². The molecule has 0 spiro atoms. The zero-order valence-corrected chi connectivity index (χ0v) is 13.4. The molecule has 1 aromatic heterocycles. The Kier molecular flexibility index (Phi) is 4.35. The lowest BCUT2D eigenvalue weighted by molar-refractivity contribution is -0.0283. The van der Waals surface area contributed by atoms with E-state index in [-0.39, 0.29) is 0 Å². The topological polar surface area (TPSA) is 51.1 Å². The van der Waals surface area contributed by atoms with Crippen molar-refractivity contribution in [3.8, 4) is 0 Å². The van der Waals surface area contributed by atoms with Crippen LogP contribution in [0.1, 0.15) is 19.3 Å². The van der Waals surface area contributed by atoms with Crippen LogP contribution in [0.25, 0.3) is 0 Å². The smallest absolute Gasteiger partial charge is 0.193 e. The Balaban J connectivity index is 1.50. The first kappa shape index (κ1) is 14.7. The van der Waals surface area contributed by atoms with Crippen LogP contribution in [0.15, 0.2) is 22.5 Å². The second-order valence-corrected chi connectivity index (χ2v) is 6.83. The van der Waals surface area contributed by atoms with Crippen molar-refractivity contribution in [2.45, 2.75) is 24.9 Å². The van der Waals surface area contributed by atoms with Crippen LogP contribution in [0.4, 0.5) is 5.00 Å². The van der Waals surface area contributed by atoms with Gasteiger partial charge in [0.2, 0.25) is 0 Å². The summed E-state index contributed by atoms with van der Waals surface area (Å²) in [7, 11) is 1.82. The molecule has 0 aromatic carbocycles. The molecule has 21 heavy (non-hydrogen) atoms. The van der Waals surface area contributed by atoms with E-state index < -0.39 is 5.60 Å². The van der Waals surface area contributed by atoms with Crippen LogP contribution < -0.4 is 10.2 Å². The number of rotatable bonds is 3. The molecule has 0 unspecified atom stereocenters. The molecule has 2 N–H and O–H groups in total. The van der Waals surface area contributed by atoms with Crippen LogP contribution in [0.3, 0.4) is 0 Å². The summed E-state index contributed by atoms with van der Waals surface area (Å²) in [6.45, 7) is 4.59. The number of nitrogens with one attached hydrogen (secondary N) is 1. The number of hydrogen-bond acceptors (Lipinski definition) is 4. The lowest BCUT2D eigenvalue weighted by Gasteiger charge is -2.40. The maximum Gasteiger partial charge on any atom is 0.193 e. The van der Waals surface area contributed by atoms with Crippen LogP contribution in [0, 0.1) is 0 Å². The highest BCUT2D eigenvalue weighted by molar-refractivity contribution is 7.14. The monoisotopic (exact) mass is 308 g/mol. The average molecular weight is 308 g/mol. The Bertz CT molecular complexity index is 476. The van der Waals surface area contributed by atoms with E-state index in [1.54, 1.807) is 11.3 Å². The molecule has 1 aliphatic heterocycles. The van der Waals surface area contributed by atoms with Crippen molar-refractivity contribution in [1.29, 1.82) is 0 Å². The molecule has 2 aliphatic rings. The van der Waals surface area contributed by atoms with Crippen LogP contribution in [0.5, 0.6) is 0 Å². The molecular weight excluding hydrogens is 284 g/mol. The Hall–Kier alpha value is -1.27. The van der Waals surface area contributed by atoms with Gasteiger partial charge in [0.25, 0.3) is 0 Å². The molecule has 0 radical (unpaired) electrons. The minimum Gasteiger partial charge on any atom is -0.388 e. The Morgan fingerprint density at radius 3 is 2.67 bits per heavy atom. The highest BCUT2D eigenvalue weighted by Gasteiger charge is 2.34. The van der Waals surface area contributed by atoms with Crippen molar-refractivity contribution in [3.05, 3.63) is 17.5 Å². The number of guanidine groups is 1. The standard InChI is InChI=1S/C15H24N4OS/c1-16-14(17-12-15(20)5-3-6-15)19-9-7-18(8-10-19)13-4-2-11-21-13/h2,4,11,20H,3,5-10,12H2,1H3,(H,16,17). The molecule has 1 saturated heterocycles. The lowest BCUT2D eigenvalue weighted by atomic mass is 9.80. The molecule has 0 bridgehead atoms. The Labute approximate surface area is 130 Å². The molecule has 0 atom stereocenters. The number of thiophene rings is 1. The maximum absolute atomic E-state index is 10.2. The zero-order valence-electron chi connectivity index (χ0n) is 12.6. The minimum absolute atomic E-state index is 0.505. The highest BCUT2D eigenvalue weighted by Crippen LogP contribution is 2.30. The normalized spacial score (nSPS) is 22.1. The molecule has 1 aliphatic carbocycles. The zero-order chi connectivity index (χ0) is 14.7. The van der Waals surface area contributed by atoms with Gasteiger partial charge in [0, 0.05) is 39.8 Å². The van der Waals surface area contributed by atoms with Gasteiger partial charge in [-0.05, 0) is 36.8 Å². The van der Waals surface area contributed by atoms with Gasteiger partial charge >= 0.3 is 0 Å². The molecule has 1 aromatic rings. The van der Waals surface area contributed by atoms with E-state index >= 15 is 0 Å². The number of aliphatic hydroxyl groups is 1. The first-order valence-electron chi connectivity index (χ1n) is 7.67. The quantitative estimate of drug-likeness (QED) is 0.654. The van der Waals surface area contributed by atoms with E-state index in [0.29, 0.717) is 6.54 Å². The van der Waals surface area contributed by atoms with Crippen molar-refractivity contribution in [3.63, 3.8) is 0 Å². The van der Waals surface area contributed by atoms with Crippen LogP contribution in [0.2, 0.25) is 0 Å². The van der Waals surface area contributed by atoms with Crippen molar-refractivity contribution in [1.82, 2.24) is 10.2 Å². The van der Waals surface area contributed by atoms with Gasteiger partial charge in [-0.25, -0.2) is 0 Å². The first-order valence-corrected chi connectivity index (χ1v) is 8.55. The lowest BCUT2D eigenvalue weighted by Crippen LogP contribution is -2.56. The number of anilines is 1. The molecule has 5 nitrogen and oxygen atoms in total. The second-order valence-electron chi connectivity index (χ2n) is 5.90. The summed E-state index contributed by atoms with van der Waals surface area (Å²) in [5, 5.41) is 17.0. The summed E-state index contributed by atoms with van der Waals surface area (Å²) < 4.78 is 0. The Morgan fingerprint density at radius 1 is 1.38 bits per heavy atom. The largest absolute Gasteiger partial charge is 0.388 e. The van der Waals surface area contributed by atoms with Crippen LogP contribution in [-0.4, -0.2) is 61.3 Å². The van der Waals surface area contributed by atoms with Gasteiger partial charge in [0.15, 0.2) is 5.96 Å². The van der Waals surface area contributed by atoms with E-state index in [9.17, 15) is 5.11 Å². The van der Waals surface area contributed by atoms with Gasteiger partial charge in [-0.3, -0.25) is 4.99 Å². The molecule has 3 rings (SSSR count). The third-order valence-corrected chi connectivity index (χ3v) is 5.40. The van der Waals surface area contributed by atoms with Gasteiger partial charge in [0.1, 0.15) is 0 Å². The Morgan fingerprint density at radius 2 is 2.14 bits per heavy atom. The van der Waals surface area contributed by atoms with Gasteiger partial charge in [-0.1, -0.05) is 0 Å². The number of aliphatic imine (C=N–C) groups is 1. The van der Waals surface area contributed by atoms with Crippen molar-refractivity contribution < 1.29 is 5.11 Å². The van der Waals surface area contributed by atoms with Crippen molar-refractivity contribution >= 4 is 22.3 Å². The SMILES string of the molecule is CN=C(NCC1(O)CCC1)N1CCN(c2cccs2)CC1. The fourth-order valence-corrected chi connectivity index (χ4v) is 3.71. The molecule has 2 fully saturated rings. The predicted molar refractivity (Wildman–Crippen MR) is 88.3 cm³/mol. The van der Waals surface area contributed by atoms with Gasteiger partial charge < -0.3 is 20.2 Å². The van der Waals surface area contributed by atoms with Crippen molar-refractivity contribution in [2.75, 3.05) is 44.7 Å². The molecule has 2 heterocycles. The van der Waals surface area contributed by atoms with E-state index in [1.165, 1.54) is 5.00 Å². The van der Waals surface area contributed by atoms with Gasteiger partial charge in [0.05, 0.1) is 10.6 Å². The van der Waals surface area contributed by atoms with Gasteiger partial charge in [-0.15, -0.1) is 11.3 Å².